The monoisotopic (exact) mass is 488 g/mol. The maximum atomic E-state index is 13.5. The summed E-state index contributed by atoms with van der Waals surface area (Å²) < 4.78 is 5.98. The molecule has 0 fully saturated rings. The highest BCUT2D eigenvalue weighted by atomic mass is 28.4. The summed E-state index contributed by atoms with van der Waals surface area (Å²) >= 11 is 0. The first-order valence-electron chi connectivity index (χ1n) is 11.9. The minimum Gasteiger partial charge on any atom is -0.519 e. The summed E-state index contributed by atoms with van der Waals surface area (Å²) in [5.41, 5.74) is 13.3. The van der Waals surface area contributed by atoms with E-state index < -0.39 is 19.9 Å². The average molecular weight is 489 g/mol. The number of nitrogens with two attached hydrogens (primary N) is 2. The summed E-state index contributed by atoms with van der Waals surface area (Å²) in [6.45, 7) is 6.48. The fourth-order valence-corrected chi connectivity index (χ4v) is 4.95. The van der Waals surface area contributed by atoms with Crippen molar-refractivity contribution in [2.24, 2.45) is 16.5 Å². The topological polar surface area (TPSA) is 103 Å². The zero-order valence-corrected chi connectivity index (χ0v) is 21.8. The van der Waals surface area contributed by atoms with Crippen LogP contribution in [0.25, 0.3) is 0 Å². The van der Waals surface area contributed by atoms with Gasteiger partial charge in [-0.1, -0.05) is 91.0 Å². The smallest absolute Gasteiger partial charge is 0.309 e. The second kappa shape index (κ2) is 11.8. The average Bonchev–Trinajstić information content (AvgIpc) is 2.84. The van der Waals surface area contributed by atoms with Crippen molar-refractivity contribution in [2.45, 2.75) is 44.1 Å². The van der Waals surface area contributed by atoms with Crippen LogP contribution < -0.4 is 16.8 Å². The van der Waals surface area contributed by atoms with E-state index in [1.807, 2.05) is 74.2 Å². The van der Waals surface area contributed by atoms with Gasteiger partial charge in [-0.25, -0.2) is 0 Å². The molecule has 3 aromatic carbocycles. The van der Waals surface area contributed by atoms with Crippen molar-refractivity contribution >= 4 is 20.2 Å². The Morgan fingerprint density at radius 3 is 1.66 bits per heavy atom. The van der Waals surface area contributed by atoms with E-state index in [4.69, 9.17) is 15.9 Å². The molecule has 0 radical (unpaired) electrons. The Morgan fingerprint density at radius 1 is 0.857 bits per heavy atom. The van der Waals surface area contributed by atoms with Crippen molar-refractivity contribution in [1.29, 1.82) is 0 Å². The highest BCUT2D eigenvalue weighted by Gasteiger charge is 2.40. The van der Waals surface area contributed by atoms with Gasteiger partial charge in [0, 0.05) is 6.54 Å². The molecule has 0 aliphatic rings. The molecule has 35 heavy (non-hydrogen) atoms. The van der Waals surface area contributed by atoms with Gasteiger partial charge in [0.05, 0.1) is 5.54 Å². The number of guanidine groups is 1. The molecule has 0 unspecified atom stereocenters. The largest absolute Gasteiger partial charge is 0.519 e. The van der Waals surface area contributed by atoms with E-state index in [9.17, 15) is 4.79 Å². The molecule has 1 atom stereocenters. The van der Waals surface area contributed by atoms with Gasteiger partial charge in [-0.15, -0.1) is 0 Å². The summed E-state index contributed by atoms with van der Waals surface area (Å²) in [6.07, 6.45) is 1.15. The molecule has 7 heteroatoms. The van der Waals surface area contributed by atoms with Crippen LogP contribution >= 0.6 is 0 Å². The van der Waals surface area contributed by atoms with Gasteiger partial charge in [0.2, 0.25) is 8.32 Å². The van der Waals surface area contributed by atoms with Gasteiger partial charge in [-0.2, -0.15) is 0 Å². The molecular weight excluding hydrogens is 452 g/mol. The van der Waals surface area contributed by atoms with Crippen molar-refractivity contribution in [1.82, 2.24) is 5.32 Å². The van der Waals surface area contributed by atoms with E-state index in [2.05, 4.69) is 46.7 Å². The summed E-state index contributed by atoms with van der Waals surface area (Å²) in [6, 6.07) is 30.1. The lowest BCUT2D eigenvalue weighted by Gasteiger charge is -2.40. The first-order chi connectivity index (χ1) is 16.7. The maximum Gasteiger partial charge on any atom is 0.309 e. The molecule has 184 valence electrons. The Bertz CT molecular complexity index is 999. The number of hydrogen-bond donors (Lipinski definition) is 3. The number of carbonyl (C=O) groups is 1. The van der Waals surface area contributed by atoms with Crippen molar-refractivity contribution in [2.75, 3.05) is 6.54 Å². The number of nitrogens with one attached hydrogen (secondary N) is 1. The summed E-state index contributed by atoms with van der Waals surface area (Å²) in [5.74, 6) is -0.201. The van der Waals surface area contributed by atoms with Crippen LogP contribution in [0.2, 0.25) is 19.6 Å². The lowest BCUT2D eigenvalue weighted by molar-refractivity contribution is -0.138. The fraction of sp³-hybridized carbons (Fsp3) is 0.286. The standard InChI is InChI=1S/C28H36N4O2Si/c1-35(2,3)34-26(33)25(20-13-21-31-27(29)30)32-28(22-14-7-4-8-15-22,23-16-9-5-10-17-23)24-18-11-6-12-19-24/h4-12,14-19,25,32H,13,20-21H2,1-3H3,(H4,29,30,31)/t25-/m0/s1. The number of nitrogens with zero attached hydrogens (tertiary/aromatic N) is 1. The first-order valence-corrected chi connectivity index (χ1v) is 15.4. The van der Waals surface area contributed by atoms with Gasteiger partial charge >= 0.3 is 5.97 Å². The molecular formula is C28H36N4O2Si. The molecule has 0 saturated heterocycles. The van der Waals surface area contributed by atoms with Gasteiger partial charge in [0.15, 0.2) is 5.96 Å². The van der Waals surface area contributed by atoms with E-state index in [1.165, 1.54) is 0 Å². The fourth-order valence-electron chi connectivity index (χ4n) is 4.20. The molecule has 0 aliphatic heterocycles. The molecule has 0 heterocycles. The van der Waals surface area contributed by atoms with Crippen LogP contribution in [-0.4, -0.2) is 32.8 Å². The van der Waals surface area contributed by atoms with Crippen LogP contribution in [0.1, 0.15) is 29.5 Å². The molecule has 0 bridgehead atoms. The molecule has 0 saturated carbocycles. The van der Waals surface area contributed by atoms with Crippen LogP contribution in [0, 0.1) is 0 Å². The normalized spacial score (nSPS) is 12.5. The second-order valence-corrected chi connectivity index (χ2v) is 14.0. The second-order valence-electron chi connectivity index (χ2n) is 9.53. The summed E-state index contributed by atoms with van der Waals surface area (Å²) in [4.78, 5) is 17.6. The van der Waals surface area contributed by atoms with Crippen LogP contribution in [0.5, 0.6) is 0 Å². The zero-order chi connectivity index (χ0) is 25.3. The van der Waals surface area contributed by atoms with Gasteiger partial charge in [0.25, 0.3) is 0 Å². The van der Waals surface area contributed by atoms with Crippen molar-refractivity contribution in [3.8, 4) is 0 Å². The lowest BCUT2D eigenvalue weighted by atomic mass is 9.76. The minimum absolute atomic E-state index is 0.0476. The van der Waals surface area contributed by atoms with E-state index in [1.54, 1.807) is 0 Å². The molecule has 5 N–H and O–H groups in total. The number of aliphatic imine (C=N–C) groups is 1. The van der Waals surface area contributed by atoms with Gasteiger partial charge in [-0.3, -0.25) is 15.1 Å². The molecule has 0 amide bonds. The van der Waals surface area contributed by atoms with E-state index in [-0.39, 0.29) is 11.9 Å². The van der Waals surface area contributed by atoms with Gasteiger partial charge in [0.1, 0.15) is 6.04 Å². The highest BCUT2D eigenvalue weighted by molar-refractivity contribution is 6.71. The Morgan fingerprint density at radius 2 is 1.29 bits per heavy atom. The predicted octanol–water partition coefficient (Wildman–Crippen LogP) is 4.37. The van der Waals surface area contributed by atoms with Crippen LogP contribution in [0.3, 0.4) is 0 Å². The van der Waals surface area contributed by atoms with E-state index >= 15 is 0 Å². The van der Waals surface area contributed by atoms with E-state index in [0.29, 0.717) is 19.4 Å². The molecule has 0 spiro atoms. The molecule has 0 aliphatic carbocycles. The Kier molecular flexibility index (Phi) is 8.84. The maximum absolute atomic E-state index is 13.5. The van der Waals surface area contributed by atoms with Crippen LogP contribution in [0.15, 0.2) is 96.0 Å². The predicted molar refractivity (Wildman–Crippen MR) is 145 cm³/mol. The van der Waals surface area contributed by atoms with Gasteiger partial charge < -0.3 is 15.9 Å². The summed E-state index contributed by atoms with van der Waals surface area (Å²) in [7, 11) is -2.12. The Balaban J connectivity index is 2.14. The van der Waals surface area contributed by atoms with Crippen LogP contribution in [-0.2, 0) is 14.8 Å². The lowest BCUT2D eigenvalue weighted by Crippen LogP contribution is -2.54. The number of rotatable bonds is 11. The van der Waals surface area contributed by atoms with E-state index in [0.717, 1.165) is 16.7 Å². The van der Waals surface area contributed by atoms with Crippen molar-refractivity contribution in [3.05, 3.63) is 108 Å². The quantitative estimate of drug-likeness (QED) is 0.122. The Hall–Kier alpha value is -3.42. The first kappa shape index (κ1) is 26.2. The number of carbonyl (C=O) groups excluding carboxylic acids is 1. The van der Waals surface area contributed by atoms with Crippen molar-refractivity contribution in [3.63, 3.8) is 0 Å². The number of benzene rings is 3. The van der Waals surface area contributed by atoms with Crippen molar-refractivity contribution < 1.29 is 9.22 Å². The van der Waals surface area contributed by atoms with Crippen LogP contribution in [0.4, 0.5) is 0 Å². The zero-order valence-electron chi connectivity index (χ0n) is 20.8. The molecule has 3 rings (SSSR count). The minimum atomic E-state index is -2.12. The SMILES string of the molecule is C[Si](C)(C)OC(=O)[C@H](CCCN=C(N)N)NC(c1ccccc1)(c1ccccc1)c1ccccc1. The van der Waals surface area contributed by atoms with Gasteiger partial charge in [-0.05, 0) is 49.2 Å². The molecule has 3 aromatic rings. The highest BCUT2D eigenvalue weighted by Crippen LogP contribution is 2.37. The third-order valence-corrected chi connectivity index (χ3v) is 6.46. The third-order valence-electron chi connectivity index (χ3n) is 5.65. The Labute approximate surface area is 209 Å². The summed E-state index contributed by atoms with van der Waals surface area (Å²) in [5, 5.41) is 3.76. The third kappa shape index (κ3) is 7.04. The molecule has 0 aromatic heterocycles. The molecule has 6 nitrogen and oxygen atoms in total. The number of hydrogen-bond acceptors (Lipinski definition) is 4.